The van der Waals surface area contributed by atoms with Crippen LogP contribution in [0.3, 0.4) is 0 Å². The minimum atomic E-state index is -3.64. The van der Waals surface area contributed by atoms with Crippen molar-refractivity contribution in [3.8, 4) is 11.5 Å². The lowest BCUT2D eigenvalue weighted by atomic mass is 10.3. The van der Waals surface area contributed by atoms with Gasteiger partial charge in [-0.2, -0.15) is 0 Å². The molecule has 0 aliphatic heterocycles. The number of hydrogen-bond donors (Lipinski definition) is 2. The SMILES string of the molecule is NC(=S)CS(=O)(=O)Nc1ccccc1Oc1ccccc1. The van der Waals surface area contributed by atoms with Crippen molar-refractivity contribution in [2.75, 3.05) is 10.5 Å². The zero-order chi connectivity index (χ0) is 15.3. The first-order valence-corrected chi connectivity index (χ1v) is 8.13. The maximum atomic E-state index is 11.9. The Morgan fingerprint density at radius 1 is 1.10 bits per heavy atom. The topological polar surface area (TPSA) is 81.4 Å². The van der Waals surface area contributed by atoms with Crippen molar-refractivity contribution in [1.82, 2.24) is 0 Å². The lowest BCUT2D eigenvalue weighted by molar-refractivity contribution is 0.485. The van der Waals surface area contributed by atoms with Crippen LogP contribution in [0.2, 0.25) is 0 Å². The minimum absolute atomic E-state index is 0.0936. The Kier molecular flexibility index (Phi) is 4.77. The number of thiocarbonyl (C=S) groups is 1. The predicted octanol–water partition coefficient (Wildman–Crippen LogP) is 2.51. The molecule has 0 heterocycles. The summed E-state index contributed by atoms with van der Waals surface area (Å²) in [6, 6.07) is 15.8. The van der Waals surface area contributed by atoms with E-state index in [1.54, 1.807) is 36.4 Å². The van der Waals surface area contributed by atoms with Gasteiger partial charge < -0.3 is 10.5 Å². The molecule has 0 saturated heterocycles. The second-order valence-electron chi connectivity index (χ2n) is 4.24. The van der Waals surface area contributed by atoms with Gasteiger partial charge in [-0.25, -0.2) is 8.42 Å². The van der Waals surface area contributed by atoms with E-state index in [2.05, 4.69) is 16.9 Å². The fraction of sp³-hybridized carbons (Fsp3) is 0.0714. The van der Waals surface area contributed by atoms with Crippen molar-refractivity contribution in [3.05, 3.63) is 54.6 Å². The van der Waals surface area contributed by atoms with Crippen LogP contribution in [0.15, 0.2) is 54.6 Å². The summed E-state index contributed by atoms with van der Waals surface area (Å²) in [7, 11) is -3.64. The van der Waals surface area contributed by atoms with Gasteiger partial charge in [0.15, 0.2) is 5.75 Å². The molecule has 0 aromatic heterocycles. The van der Waals surface area contributed by atoms with Gasteiger partial charge in [0, 0.05) is 0 Å². The molecule has 21 heavy (non-hydrogen) atoms. The molecule has 0 aliphatic rings. The molecule has 0 fully saturated rings. The van der Waals surface area contributed by atoms with Crippen molar-refractivity contribution < 1.29 is 13.2 Å². The third kappa shape index (κ3) is 4.73. The number of nitrogens with one attached hydrogen (secondary N) is 1. The molecule has 5 nitrogen and oxygen atoms in total. The molecule has 0 spiro atoms. The maximum Gasteiger partial charge on any atom is 0.239 e. The Hall–Kier alpha value is -2.12. The van der Waals surface area contributed by atoms with Gasteiger partial charge in [0.1, 0.15) is 11.5 Å². The van der Waals surface area contributed by atoms with Crippen LogP contribution in [-0.2, 0) is 10.0 Å². The third-order valence-corrected chi connectivity index (χ3v) is 4.00. The van der Waals surface area contributed by atoms with Gasteiger partial charge in [0.25, 0.3) is 0 Å². The first-order chi connectivity index (χ1) is 9.96. The minimum Gasteiger partial charge on any atom is -0.455 e. The molecule has 2 aromatic carbocycles. The molecule has 0 radical (unpaired) electrons. The highest BCUT2D eigenvalue weighted by Gasteiger charge is 2.15. The average molecular weight is 322 g/mol. The number of sulfonamides is 1. The second kappa shape index (κ2) is 6.55. The lowest BCUT2D eigenvalue weighted by Gasteiger charge is -2.13. The van der Waals surface area contributed by atoms with Gasteiger partial charge in [-0.1, -0.05) is 42.5 Å². The van der Waals surface area contributed by atoms with E-state index < -0.39 is 15.8 Å². The molecule has 0 amide bonds. The third-order valence-electron chi connectivity index (χ3n) is 2.46. The number of rotatable bonds is 6. The Labute approximate surface area is 128 Å². The van der Waals surface area contributed by atoms with Gasteiger partial charge in [-0.15, -0.1) is 0 Å². The molecule has 7 heteroatoms. The van der Waals surface area contributed by atoms with E-state index >= 15 is 0 Å². The maximum absolute atomic E-state index is 11.9. The number of nitrogens with two attached hydrogens (primary N) is 1. The summed E-state index contributed by atoms with van der Waals surface area (Å²) in [6.45, 7) is 0. The van der Waals surface area contributed by atoms with Crippen LogP contribution in [0.5, 0.6) is 11.5 Å². The Bertz CT molecular complexity index is 731. The van der Waals surface area contributed by atoms with Gasteiger partial charge in [0.2, 0.25) is 10.0 Å². The predicted molar refractivity (Wildman–Crippen MR) is 87.2 cm³/mol. The van der Waals surface area contributed by atoms with Gasteiger partial charge in [0.05, 0.1) is 10.7 Å². The Balaban J connectivity index is 2.23. The average Bonchev–Trinajstić information content (AvgIpc) is 2.40. The molecule has 0 bridgehead atoms. The number of para-hydroxylation sites is 3. The van der Waals surface area contributed by atoms with Crippen molar-refractivity contribution >= 4 is 32.9 Å². The summed E-state index contributed by atoms with van der Waals surface area (Å²) in [5.41, 5.74) is 5.61. The fourth-order valence-corrected chi connectivity index (χ4v) is 3.06. The van der Waals surface area contributed by atoms with Crippen molar-refractivity contribution in [1.29, 1.82) is 0 Å². The molecule has 0 aliphatic carbocycles. The summed E-state index contributed by atoms with van der Waals surface area (Å²) in [4.78, 5) is -0.0936. The van der Waals surface area contributed by atoms with E-state index in [1.165, 1.54) is 0 Å². The van der Waals surface area contributed by atoms with Gasteiger partial charge >= 0.3 is 0 Å². The Morgan fingerprint density at radius 2 is 1.71 bits per heavy atom. The summed E-state index contributed by atoms with van der Waals surface area (Å²) in [5.74, 6) is 0.593. The molecular weight excluding hydrogens is 308 g/mol. The molecule has 0 unspecified atom stereocenters. The fourth-order valence-electron chi connectivity index (χ4n) is 1.65. The molecule has 0 saturated carbocycles. The van der Waals surface area contributed by atoms with Crippen LogP contribution in [-0.4, -0.2) is 19.2 Å². The van der Waals surface area contributed by atoms with E-state index in [0.29, 0.717) is 17.2 Å². The zero-order valence-electron chi connectivity index (χ0n) is 11.0. The first kappa shape index (κ1) is 15.3. The molecule has 3 N–H and O–H groups in total. The monoisotopic (exact) mass is 322 g/mol. The molecule has 0 atom stereocenters. The van der Waals surface area contributed by atoms with Crippen LogP contribution in [0.25, 0.3) is 0 Å². The number of anilines is 1. The van der Waals surface area contributed by atoms with E-state index in [4.69, 9.17) is 10.5 Å². The van der Waals surface area contributed by atoms with E-state index in [-0.39, 0.29) is 4.99 Å². The molecule has 110 valence electrons. The first-order valence-electron chi connectivity index (χ1n) is 6.07. The van der Waals surface area contributed by atoms with Crippen LogP contribution >= 0.6 is 12.2 Å². The van der Waals surface area contributed by atoms with Crippen LogP contribution in [0.1, 0.15) is 0 Å². The standard InChI is InChI=1S/C14H14N2O3S2/c15-14(20)10-21(17,18)16-12-8-4-5-9-13(12)19-11-6-2-1-3-7-11/h1-9,16H,10H2,(H2,15,20). The van der Waals surface area contributed by atoms with E-state index in [1.807, 2.05) is 18.2 Å². The largest absolute Gasteiger partial charge is 0.455 e. The number of ether oxygens (including phenoxy) is 1. The highest BCUT2D eigenvalue weighted by Crippen LogP contribution is 2.29. The van der Waals surface area contributed by atoms with Gasteiger partial charge in [-0.3, -0.25) is 4.72 Å². The van der Waals surface area contributed by atoms with E-state index in [9.17, 15) is 8.42 Å². The molecule has 2 rings (SSSR count). The highest BCUT2D eigenvalue weighted by molar-refractivity contribution is 7.95. The smallest absolute Gasteiger partial charge is 0.239 e. The van der Waals surface area contributed by atoms with Crippen molar-refractivity contribution in [2.45, 2.75) is 0 Å². The summed E-state index contributed by atoms with van der Waals surface area (Å²) in [6.07, 6.45) is 0. The number of benzene rings is 2. The summed E-state index contributed by atoms with van der Waals surface area (Å²) < 4.78 is 31.8. The quantitative estimate of drug-likeness (QED) is 0.799. The van der Waals surface area contributed by atoms with Crippen LogP contribution < -0.4 is 15.2 Å². The van der Waals surface area contributed by atoms with Gasteiger partial charge in [-0.05, 0) is 24.3 Å². The van der Waals surface area contributed by atoms with E-state index in [0.717, 1.165) is 0 Å². The molecular formula is C14H14N2O3S2. The lowest BCUT2D eigenvalue weighted by Crippen LogP contribution is -2.26. The molecule has 2 aromatic rings. The number of hydrogen-bond acceptors (Lipinski definition) is 4. The Morgan fingerprint density at radius 3 is 2.38 bits per heavy atom. The van der Waals surface area contributed by atoms with Crippen molar-refractivity contribution in [3.63, 3.8) is 0 Å². The van der Waals surface area contributed by atoms with Crippen LogP contribution in [0, 0.1) is 0 Å². The zero-order valence-corrected chi connectivity index (χ0v) is 12.7. The normalized spacial score (nSPS) is 10.9. The van der Waals surface area contributed by atoms with Crippen molar-refractivity contribution in [2.24, 2.45) is 5.73 Å². The highest BCUT2D eigenvalue weighted by atomic mass is 32.2. The summed E-state index contributed by atoms with van der Waals surface area (Å²) in [5, 5.41) is 0. The summed E-state index contributed by atoms with van der Waals surface area (Å²) >= 11 is 4.63. The second-order valence-corrected chi connectivity index (χ2v) is 6.49. The van der Waals surface area contributed by atoms with Crippen LogP contribution in [0.4, 0.5) is 5.69 Å².